The number of fused-ring (bicyclic) bond motifs is 1. The zero-order chi connectivity index (χ0) is 22.5. The minimum Gasteiger partial charge on any atom is -0.483 e. The van der Waals surface area contributed by atoms with Crippen molar-refractivity contribution >= 4 is 11.6 Å². The summed E-state index contributed by atoms with van der Waals surface area (Å²) >= 11 is 0. The molecule has 2 aromatic carbocycles. The highest BCUT2D eigenvalue weighted by atomic mass is 16.5. The summed E-state index contributed by atoms with van der Waals surface area (Å²) in [6.07, 6.45) is 0. The van der Waals surface area contributed by atoms with Crippen molar-refractivity contribution in [3.05, 3.63) is 71.3 Å². The van der Waals surface area contributed by atoms with Gasteiger partial charge in [0.05, 0.1) is 6.54 Å². The SMILES string of the molecule is Cc1cc(C)c(C)c(OCC(=O)NCCOc2ccc3nnc(-c4ccccc4)n3n2)c1. The van der Waals surface area contributed by atoms with Gasteiger partial charge in [-0.05, 0) is 49.6 Å². The Balaban J connectivity index is 1.29. The molecule has 2 heterocycles. The molecule has 4 aromatic rings. The van der Waals surface area contributed by atoms with Gasteiger partial charge in [-0.15, -0.1) is 15.3 Å². The topological polar surface area (TPSA) is 90.6 Å². The van der Waals surface area contributed by atoms with E-state index in [1.807, 2.05) is 57.2 Å². The first-order chi connectivity index (χ1) is 15.5. The lowest BCUT2D eigenvalue weighted by Gasteiger charge is -2.12. The molecule has 8 heteroatoms. The van der Waals surface area contributed by atoms with E-state index in [1.165, 1.54) is 0 Å². The van der Waals surface area contributed by atoms with Crippen LogP contribution >= 0.6 is 0 Å². The molecule has 0 radical (unpaired) electrons. The van der Waals surface area contributed by atoms with E-state index in [9.17, 15) is 4.79 Å². The van der Waals surface area contributed by atoms with Crippen LogP contribution in [0.1, 0.15) is 16.7 Å². The van der Waals surface area contributed by atoms with Crippen LogP contribution in [0.5, 0.6) is 11.6 Å². The lowest BCUT2D eigenvalue weighted by Crippen LogP contribution is -2.32. The van der Waals surface area contributed by atoms with Gasteiger partial charge in [0.2, 0.25) is 5.88 Å². The molecular formula is C24H25N5O3. The Bertz CT molecular complexity index is 1240. The Hall–Kier alpha value is -3.94. The van der Waals surface area contributed by atoms with Crippen molar-refractivity contribution < 1.29 is 14.3 Å². The molecule has 0 bridgehead atoms. The van der Waals surface area contributed by atoms with E-state index in [0.717, 1.165) is 28.0 Å². The van der Waals surface area contributed by atoms with E-state index in [-0.39, 0.29) is 19.1 Å². The highest BCUT2D eigenvalue weighted by Gasteiger charge is 2.11. The van der Waals surface area contributed by atoms with Gasteiger partial charge in [0.15, 0.2) is 18.1 Å². The number of carbonyl (C=O) groups is 1. The van der Waals surface area contributed by atoms with Crippen LogP contribution < -0.4 is 14.8 Å². The molecule has 0 fully saturated rings. The van der Waals surface area contributed by atoms with Crippen molar-refractivity contribution in [3.8, 4) is 23.0 Å². The van der Waals surface area contributed by atoms with Crippen LogP contribution in [0.15, 0.2) is 54.6 Å². The standard InChI is InChI=1S/C24H25N5O3/c1-16-13-17(2)18(3)20(14-16)32-15-22(30)25-11-12-31-23-10-9-21-26-27-24(29(21)28-23)19-7-5-4-6-8-19/h4-10,13-14H,11-12,15H2,1-3H3,(H,25,30). The van der Waals surface area contributed by atoms with E-state index in [1.54, 1.807) is 16.6 Å². The quantitative estimate of drug-likeness (QED) is 0.431. The molecule has 0 atom stereocenters. The molecule has 0 unspecified atom stereocenters. The Kier molecular flexibility index (Phi) is 6.30. The van der Waals surface area contributed by atoms with Crippen LogP contribution in [0.2, 0.25) is 0 Å². The van der Waals surface area contributed by atoms with Crippen molar-refractivity contribution in [2.75, 3.05) is 19.8 Å². The van der Waals surface area contributed by atoms with Crippen molar-refractivity contribution in [3.63, 3.8) is 0 Å². The summed E-state index contributed by atoms with van der Waals surface area (Å²) in [5.41, 5.74) is 4.82. The lowest BCUT2D eigenvalue weighted by molar-refractivity contribution is -0.123. The first-order valence-electron chi connectivity index (χ1n) is 10.4. The molecule has 0 aliphatic heterocycles. The maximum Gasteiger partial charge on any atom is 0.258 e. The van der Waals surface area contributed by atoms with Crippen molar-refractivity contribution in [1.82, 2.24) is 25.1 Å². The molecule has 1 amide bonds. The summed E-state index contributed by atoms with van der Waals surface area (Å²) in [5, 5.41) is 15.6. The monoisotopic (exact) mass is 431 g/mol. The number of benzene rings is 2. The normalized spacial score (nSPS) is 10.8. The van der Waals surface area contributed by atoms with Crippen LogP contribution in [0.3, 0.4) is 0 Å². The van der Waals surface area contributed by atoms with Gasteiger partial charge in [-0.25, -0.2) is 0 Å². The minimum atomic E-state index is -0.208. The fraction of sp³-hybridized carbons (Fsp3) is 0.250. The second-order valence-corrected chi connectivity index (χ2v) is 7.52. The number of ether oxygens (including phenoxy) is 2. The van der Waals surface area contributed by atoms with Crippen LogP contribution in [0.4, 0.5) is 0 Å². The second-order valence-electron chi connectivity index (χ2n) is 7.52. The van der Waals surface area contributed by atoms with Crippen molar-refractivity contribution in [1.29, 1.82) is 0 Å². The zero-order valence-corrected chi connectivity index (χ0v) is 18.3. The average Bonchev–Trinajstić information content (AvgIpc) is 3.22. The highest BCUT2D eigenvalue weighted by Crippen LogP contribution is 2.23. The number of aromatic nitrogens is 4. The number of amides is 1. The fourth-order valence-electron chi connectivity index (χ4n) is 3.31. The Labute approximate surface area is 186 Å². The molecule has 2 aromatic heterocycles. The van der Waals surface area contributed by atoms with E-state index < -0.39 is 0 Å². The molecule has 32 heavy (non-hydrogen) atoms. The first-order valence-corrected chi connectivity index (χ1v) is 10.4. The van der Waals surface area contributed by atoms with E-state index >= 15 is 0 Å². The smallest absolute Gasteiger partial charge is 0.258 e. The minimum absolute atomic E-state index is 0.0465. The fourth-order valence-corrected chi connectivity index (χ4v) is 3.31. The summed E-state index contributed by atoms with van der Waals surface area (Å²) in [6.45, 7) is 6.58. The van der Waals surface area contributed by atoms with E-state index in [0.29, 0.717) is 23.9 Å². The highest BCUT2D eigenvalue weighted by molar-refractivity contribution is 5.77. The third kappa shape index (κ3) is 4.85. The average molecular weight is 431 g/mol. The summed E-state index contributed by atoms with van der Waals surface area (Å²) < 4.78 is 13.0. The molecule has 4 rings (SSSR count). The predicted octanol–water partition coefficient (Wildman–Crippen LogP) is 3.29. The van der Waals surface area contributed by atoms with Crippen LogP contribution in [0.25, 0.3) is 17.0 Å². The first kappa shape index (κ1) is 21.3. The number of hydrogen-bond acceptors (Lipinski definition) is 6. The number of hydrogen-bond donors (Lipinski definition) is 1. The molecule has 1 N–H and O–H groups in total. The van der Waals surface area contributed by atoms with Gasteiger partial charge in [-0.3, -0.25) is 4.79 Å². The maximum atomic E-state index is 12.1. The van der Waals surface area contributed by atoms with Gasteiger partial charge in [0.1, 0.15) is 12.4 Å². The summed E-state index contributed by atoms with van der Waals surface area (Å²) in [6, 6.07) is 17.3. The second kappa shape index (κ2) is 9.47. The Morgan fingerprint density at radius 2 is 1.81 bits per heavy atom. The summed E-state index contributed by atoms with van der Waals surface area (Å²) in [7, 11) is 0. The largest absolute Gasteiger partial charge is 0.483 e. The number of aryl methyl sites for hydroxylation is 2. The molecule has 164 valence electrons. The van der Waals surface area contributed by atoms with Crippen LogP contribution in [-0.2, 0) is 4.79 Å². The predicted molar refractivity (Wildman–Crippen MR) is 121 cm³/mol. The van der Waals surface area contributed by atoms with Crippen LogP contribution in [-0.4, -0.2) is 45.5 Å². The van der Waals surface area contributed by atoms with Gasteiger partial charge >= 0.3 is 0 Å². The van der Waals surface area contributed by atoms with Crippen molar-refractivity contribution in [2.45, 2.75) is 20.8 Å². The number of nitrogens with one attached hydrogen (secondary N) is 1. The van der Waals surface area contributed by atoms with Gasteiger partial charge in [-0.1, -0.05) is 36.4 Å². The number of rotatable bonds is 8. The van der Waals surface area contributed by atoms with Gasteiger partial charge in [0.25, 0.3) is 5.91 Å². The maximum absolute atomic E-state index is 12.1. The van der Waals surface area contributed by atoms with Gasteiger partial charge < -0.3 is 14.8 Å². The zero-order valence-electron chi connectivity index (χ0n) is 18.3. The summed E-state index contributed by atoms with van der Waals surface area (Å²) in [5.74, 6) is 1.58. The van der Waals surface area contributed by atoms with E-state index in [2.05, 4.69) is 26.7 Å². The molecule has 0 aliphatic rings. The van der Waals surface area contributed by atoms with Crippen LogP contribution in [0, 0.1) is 20.8 Å². The van der Waals surface area contributed by atoms with Gasteiger partial charge in [-0.2, -0.15) is 4.52 Å². The van der Waals surface area contributed by atoms with Gasteiger partial charge in [0, 0.05) is 11.6 Å². The molecular weight excluding hydrogens is 406 g/mol. The van der Waals surface area contributed by atoms with E-state index in [4.69, 9.17) is 9.47 Å². The molecule has 0 saturated heterocycles. The molecule has 8 nitrogen and oxygen atoms in total. The Morgan fingerprint density at radius 3 is 2.62 bits per heavy atom. The van der Waals surface area contributed by atoms with Crippen molar-refractivity contribution in [2.24, 2.45) is 0 Å². The third-order valence-electron chi connectivity index (χ3n) is 5.07. The number of nitrogens with zero attached hydrogens (tertiary/aromatic N) is 4. The number of carbonyl (C=O) groups excluding carboxylic acids is 1. The summed E-state index contributed by atoms with van der Waals surface area (Å²) in [4.78, 5) is 12.1. The molecule has 0 aliphatic carbocycles. The Morgan fingerprint density at radius 1 is 1.00 bits per heavy atom. The molecule has 0 saturated carbocycles. The third-order valence-corrected chi connectivity index (χ3v) is 5.07. The lowest BCUT2D eigenvalue weighted by atomic mass is 10.1. The molecule has 0 spiro atoms.